The number of likely N-dealkylation sites (N-methyl/N-ethyl adjacent to an activating group) is 1. The highest BCUT2D eigenvalue weighted by Gasteiger charge is 2.63. The minimum absolute atomic E-state index is 0.0501. The molecule has 0 radical (unpaired) electrons. The van der Waals surface area contributed by atoms with E-state index in [1.807, 2.05) is 54.6 Å². The predicted octanol–water partition coefficient (Wildman–Crippen LogP) is 3.01. The predicted molar refractivity (Wildman–Crippen MR) is 109 cm³/mol. The number of nitrogens with two attached hydrogens (primary N) is 1. The highest BCUT2D eigenvalue weighted by molar-refractivity contribution is 6.14. The van der Waals surface area contributed by atoms with Gasteiger partial charge in [0.05, 0.1) is 5.57 Å². The summed E-state index contributed by atoms with van der Waals surface area (Å²) in [5, 5.41) is 0. The second-order valence-corrected chi connectivity index (χ2v) is 7.41. The molecule has 1 aromatic heterocycles. The van der Waals surface area contributed by atoms with Crippen LogP contribution in [0, 0.1) is 0 Å². The quantitative estimate of drug-likeness (QED) is 0.678. The molecule has 30 heavy (non-hydrogen) atoms. The maximum atomic E-state index is 13.6. The van der Waals surface area contributed by atoms with Crippen LogP contribution in [0.1, 0.15) is 23.7 Å². The number of carbonyl (C=O) groups excluding carboxylic acids is 2. The van der Waals surface area contributed by atoms with Crippen LogP contribution in [0.15, 0.2) is 70.3 Å². The number of oxazole rings is 1. The van der Waals surface area contributed by atoms with Crippen LogP contribution in [0.4, 0.5) is 6.01 Å². The third-order valence-corrected chi connectivity index (χ3v) is 5.86. The Bertz CT molecular complexity index is 1230. The topological polar surface area (TPSA) is 98.7 Å². The van der Waals surface area contributed by atoms with Gasteiger partial charge in [0.15, 0.2) is 11.2 Å². The number of benzene rings is 2. The average Bonchev–Trinajstić information content (AvgIpc) is 3.33. The Balaban J connectivity index is 1.67. The van der Waals surface area contributed by atoms with Gasteiger partial charge in [-0.05, 0) is 18.1 Å². The van der Waals surface area contributed by atoms with E-state index >= 15 is 0 Å². The van der Waals surface area contributed by atoms with Crippen molar-refractivity contribution in [1.29, 1.82) is 0 Å². The zero-order valence-corrected chi connectivity index (χ0v) is 16.5. The Labute approximate surface area is 172 Å². The Morgan fingerprint density at radius 1 is 1.17 bits per heavy atom. The van der Waals surface area contributed by atoms with Crippen molar-refractivity contribution in [3.63, 3.8) is 0 Å². The van der Waals surface area contributed by atoms with Gasteiger partial charge < -0.3 is 19.8 Å². The van der Waals surface area contributed by atoms with Crippen molar-refractivity contribution in [3.05, 3.63) is 82.7 Å². The summed E-state index contributed by atoms with van der Waals surface area (Å²) < 4.78 is 11.3. The number of hydrogen-bond acceptors (Lipinski definition) is 6. The zero-order chi connectivity index (χ0) is 21.0. The fourth-order valence-electron chi connectivity index (χ4n) is 4.42. The number of esters is 1. The van der Waals surface area contributed by atoms with E-state index in [0.717, 1.165) is 5.56 Å². The molecular weight excluding hydrogens is 382 g/mol. The number of nitrogen functional groups attached to an aromatic ring is 1. The van der Waals surface area contributed by atoms with Gasteiger partial charge in [-0.1, -0.05) is 54.6 Å². The van der Waals surface area contributed by atoms with Crippen LogP contribution >= 0.6 is 0 Å². The summed E-state index contributed by atoms with van der Waals surface area (Å²) in [6, 6.07) is 16.7. The van der Waals surface area contributed by atoms with Gasteiger partial charge in [-0.3, -0.25) is 4.79 Å². The van der Waals surface area contributed by atoms with Crippen molar-refractivity contribution in [2.45, 2.75) is 18.9 Å². The van der Waals surface area contributed by atoms with Crippen molar-refractivity contribution in [1.82, 2.24) is 9.88 Å². The lowest BCUT2D eigenvalue weighted by molar-refractivity contribution is -0.142. The molecule has 1 spiro atoms. The molecule has 0 bridgehead atoms. The molecule has 2 aliphatic rings. The van der Waals surface area contributed by atoms with E-state index in [9.17, 15) is 9.59 Å². The number of hydrogen-bond donors (Lipinski definition) is 1. The van der Waals surface area contributed by atoms with E-state index < -0.39 is 11.4 Å². The summed E-state index contributed by atoms with van der Waals surface area (Å²) in [7, 11) is 1.64. The van der Waals surface area contributed by atoms with Gasteiger partial charge in [0, 0.05) is 18.3 Å². The number of rotatable bonds is 3. The highest BCUT2D eigenvalue weighted by Crippen LogP contribution is 2.57. The van der Waals surface area contributed by atoms with Crippen LogP contribution in [-0.4, -0.2) is 28.8 Å². The lowest BCUT2D eigenvalue weighted by Gasteiger charge is -2.25. The summed E-state index contributed by atoms with van der Waals surface area (Å²) in [4.78, 5) is 32.8. The second kappa shape index (κ2) is 6.32. The van der Waals surface area contributed by atoms with E-state index in [4.69, 9.17) is 14.9 Å². The van der Waals surface area contributed by atoms with Crippen LogP contribution < -0.4 is 5.73 Å². The number of aromatic nitrogens is 1. The van der Waals surface area contributed by atoms with Gasteiger partial charge in [-0.25, -0.2) is 4.79 Å². The molecule has 150 valence electrons. The minimum Gasteiger partial charge on any atom is -0.457 e. The average molecular weight is 401 g/mol. The Hall–Kier alpha value is -3.87. The first kappa shape index (κ1) is 18.2. The van der Waals surface area contributed by atoms with Gasteiger partial charge in [-0.2, -0.15) is 4.98 Å². The van der Waals surface area contributed by atoms with E-state index in [2.05, 4.69) is 4.98 Å². The number of amides is 1. The van der Waals surface area contributed by atoms with Crippen LogP contribution in [0.2, 0.25) is 0 Å². The fourth-order valence-corrected chi connectivity index (χ4v) is 4.42. The second-order valence-electron chi connectivity index (χ2n) is 7.41. The molecule has 5 rings (SSSR count). The first-order valence-electron chi connectivity index (χ1n) is 9.53. The van der Waals surface area contributed by atoms with Gasteiger partial charge >= 0.3 is 5.97 Å². The largest absolute Gasteiger partial charge is 0.457 e. The van der Waals surface area contributed by atoms with Crippen molar-refractivity contribution in [2.24, 2.45) is 0 Å². The SMILES string of the molecule is CC1=C(C(=O)OCc2ccccc2)[C@@]2(C(=O)N1C)c1ccccc1-c1oc(N)nc12. The summed E-state index contributed by atoms with van der Waals surface area (Å²) in [6.07, 6.45) is 0. The van der Waals surface area contributed by atoms with Gasteiger partial charge in [-0.15, -0.1) is 0 Å². The first-order valence-corrected chi connectivity index (χ1v) is 9.53. The van der Waals surface area contributed by atoms with Crippen LogP contribution in [-0.2, 0) is 26.3 Å². The monoisotopic (exact) mass is 401 g/mol. The number of carbonyl (C=O) groups is 2. The molecule has 2 heterocycles. The molecule has 3 aromatic rings. The zero-order valence-electron chi connectivity index (χ0n) is 16.5. The maximum Gasteiger partial charge on any atom is 0.337 e. The molecule has 7 nitrogen and oxygen atoms in total. The molecule has 1 aliphatic carbocycles. The van der Waals surface area contributed by atoms with Crippen molar-refractivity contribution < 1.29 is 18.7 Å². The summed E-state index contributed by atoms with van der Waals surface area (Å²) in [6.45, 7) is 1.83. The summed E-state index contributed by atoms with van der Waals surface area (Å²) in [5.74, 6) is -0.447. The minimum atomic E-state index is -1.43. The Morgan fingerprint density at radius 2 is 1.87 bits per heavy atom. The molecular formula is C23H19N3O4. The van der Waals surface area contributed by atoms with Crippen LogP contribution in [0.5, 0.6) is 0 Å². The number of allylic oxidation sites excluding steroid dienone is 1. The Morgan fingerprint density at radius 3 is 2.63 bits per heavy atom. The normalized spacial score (nSPS) is 19.4. The first-order chi connectivity index (χ1) is 14.5. The lowest BCUT2D eigenvalue weighted by atomic mass is 9.74. The van der Waals surface area contributed by atoms with Gasteiger partial charge in [0.1, 0.15) is 12.3 Å². The number of ether oxygens (including phenoxy) is 1. The van der Waals surface area contributed by atoms with E-state index in [0.29, 0.717) is 28.3 Å². The third kappa shape index (κ3) is 2.23. The van der Waals surface area contributed by atoms with Gasteiger partial charge in [0.2, 0.25) is 5.91 Å². The summed E-state index contributed by atoms with van der Waals surface area (Å²) >= 11 is 0. The van der Waals surface area contributed by atoms with E-state index in [-0.39, 0.29) is 24.1 Å². The Kier molecular flexibility index (Phi) is 3.83. The standard InChI is InChI=1S/C23H19N3O4/c1-13-17(20(27)29-12-14-8-4-3-5-9-14)23(21(28)26(13)2)16-11-7-6-10-15(16)18-19(23)25-22(24)30-18/h3-11H,12H2,1-2H3,(H2,24,25)/t23-/m0/s1. The lowest BCUT2D eigenvalue weighted by Crippen LogP contribution is -2.41. The van der Waals surface area contributed by atoms with Crippen LogP contribution in [0.25, 0.3) is 11.3 Å². The number of nitrogens with zero attached hydrogens (tertiary/aromatic N) is 2. The number of fused-ring (bicyclic) bond motifs is 5. The molecule has 2 aromatic carbocycles. The number of anilines is 1. The molecule has 0 saturated heterocycles. The van der Waals surface area contributed by atoms with Crippen molar-refractivity contribution >= 4 is 17.9 Å². The molecule has 0 saturated carbocycles. The maximum absolute atomic E-state index is 13.6. The highest BCUT2D eigenvalue weighted by atomic mass is 16.5. The van der Waals surface area contributed by atoms with Crippen molar-refractivity contribution in [3.8, 4) is 11.3 Å². The van der Waals surface area contributed by atoms with Crippen molar-refractivity contribution in [2.75, 3.05) is 12.8 Å². The molecule has 2 N–H and O–H groups in total. The van der Waals surface area contributed by atoms with Crippen LogP contribution in [0.3, 0.4) is 0 Å². The van der Waals surface area contributed by atoms with E-state index in [1.165, 1.54) is 4.90 Å². The smallest absolute Gasteiger partial charge is 0.337 e. The summed E-state index contributed by atoms with van der Waals surface area (Å²) in [5.41, 5.74) is 7.69. The molecule has 0 fully saturated rings. The molecule has 1 atom stereocenters. The van der Waals surface area contributed by atoms with Gasteiger partial charge in [0.25, 0.3) is 6.01 Å². The fraction of sp³-hybridized carbons (Fsp3) is 0.174. The molecule has 1 amide bonds. The molecule has 7 heteroatoms. The third-order valence-electron chi connectivity index (χ3n) is 5.86. The molecule has 1 aliphatic heterocycles. The van der Waals surface area contributed by atoms with E-state index in [1.54, 1.807) is 14.0 Å². The molecule has 0 unspecified atom stereocenters.